The van der Waals surface area contributed by atoms with Crippen molar-refractivity contribution >= 4 is 44.9 Å². The molecule has 0 N–H and O–H groups in total. The second-order valence-corrected chi connectivity index (χ2v) is 14.7. The average molecular weight is 741 g/mol. The fraction of sp³-hybridized carbons (Fsp3) is 0. The lowest BCUT2D eigenvalue weighted by atomic mass is 9.98. The summed E-state index contributed by atoms with van der Waals surface area (Å²) in [4.78, 5) is 2.33. The third-order valence-electron chi connectivity index (χ3n) is 11.2. The molecule has 0 amide bonds. The van der Waals surface area contributed by atoms with Crippen molar-refractivity contribution in [2.45, 2.75) is 0 Å². The first-order chi connectivity index (χ1) is 28.7. The Kier molecular flexibility index (Phi) is 9.06. The monoisotopic (exact) mass is 740 g/mol. The van der Waals surface area contributed by atoms with Gasteiger partial charge in [-0.25, -0.2) is 0 Å². The van der Waals surface area contributed by atoms with E-state index in [4.69, 9.17) is 0 Å². The van der Waals surface area contributed by atoms with E-state index in [2.05, 4.69) is 241 Å². The molecule has 0 bridgehead atoms. The SMILES string of the molecule is C=Cc1ccc(-n2c3ccccc3c3cc(-c4ccc(-c5ccc(N(c6ccc(-c7ccccc7)cc6)c6ccc(-c7ccccc7)cc6)cc5)cc4)ccc32)cc1. The van der Waals surface area contributed by atoms with Gasteiger partial charge in [0.15, 0.2) is 0 Å². The number of nitrogens with zero attached hydrogens (tertiary/aromatic N) is 2. The molecule has 1 aromatic heterocycles. The molecule has 58 heavy (non-hydrogen) atoms. The van der Waals surface area contributed by atoms with E-state index in [-0.39, 0.29) is 0 Å². The Morgan fingerprint density at radius 1 is 0.328 bits per heavy atom. The molecule has 10 aromatic rings. The molecule has 0 aliphatic heterocycles. The molecule has 2 nitrogen and oxygen atoms in total. The van der Waals surface area contributed by atoms with E-state index in [1.54, 1.807) is 0 Å². The maximum Gasteiger partial charge on any atom is 0.0541 e. The summed E-state index contributed by atoms with van der Waals surface area (Å²) >= 11 is 0. The van der Waals surface area contributed by atoms with Gasteiger partial charge < -0.3 is 9.47 Å². The van der Waals surface area contributed by atoms with Crippen LogP contribution in [0.1, 0.15) is 5.56 Å². The van der Waals surface area contributed by atoms with Gasteiger partial charge in [-0.3, -0.25) is 0 Å². The van der Waals surface area contributed by atoms with E-state index in [0.29, 0.717) is 0 Å². The van der Waals surface area contributed by atoms with Crippen LogP contribution in [0.25, 0.3) is 78.1 Å². The maximum atomic E-state index is 3.93. The molecule has 0 saturated heterocycles. The summed E-state index contributed by atoms with van der Waals surface area (Å²) in [6.45, 7) is 3.93. The molecular weight excluding hydrogens is 701 g/mol. The van der Waals surface area contributed by atoms with E-state index in [9.17, 15) is 0 Å². The van der Waals surface area contributed by atoms with Crippen LogP contribution in [0.5, 0.6) is 0 Å². The average Bonchev–Trinajstić information content (AvgIpc) is 3.64. The normalized spacial score (nSPS) is 11.2. The van der Waals surface area contributed by atoms with Crippen molar-refractivity contribution in [3.05, 3.63) is 237 Å². The largest absolute Gasteiger partial charge is 0.311 e. The maximum absolute atomic E-state index is 3.93. The molecule has 0 spiro atoms. The van der Waals surface area contributed by atoms with Crippen LogP contribution in [0.3, 0.4) is 0 Å². The fourth-order valence-electron chi connectivity index (χ4n) is 8.16. The van der Waals surface area contributed by atoms with E-state index >= 15 is 0 Å². The van der Waals surface area contributed by atoms with Gasteiger partial charge in [-0.2, -0.15) is 0 Å². The zero-order valence-electron chi connectivity index (χ0n) is 32.0. The van der Waals surface area contributed by atoms with E-state index in [0.717, 1.165) is 28.3 Å². The molecule has 2 heteroatoms. The zero-order chi connectivity index (χ0) is 38.8. The van der Waals surface area contributed by atoms with Crippen molar-refractivity contribution < 1.29 is 0 Å². The van der Waals surface area contributed by atoms with Crippen molar-refractivity contribution in [1.82, 2.24) is 4.57 Å². The van der Waals surface area contributed by atoms with Crippen LogP contribution in [0.4, 0.5) is 17.1 Å². The highest BCUT2D eigenvalue weighted by atomic mass is 15.1. The summed E-state index contributed by atoms with van der Waals surface area (Å²) in [6, 6.07) is 80.8. The lowest BCUT2D eigenvalue weighted by Gasteiger charge is -2.26. The van der Waals surface area contributed by atoms with E-state index in [1.807, 2.05) is 6.08 Å². The van der Waals surface area contributed by atoms with Crippen LogP contribution in [0.2, 0.25) is 0 Å². The highest BCUT2D eigenvalue weighted by Crippen LogP contribution is 2.39. The van der Waals surface area contributed by atoms with Crippen LogP contribution in [0, 0.1) is 0 Å². The van der Waals surface area contributed by atoms with Crippen LogP contribution in [0.15, 0.2) is 231 Å². The van der Waals surface area contributed by atoms with Gasteiger partial charge in [0.2, 0.25) is 0 Å². The Labute approximate surface area is 339 Å². The highest BCUT2D eigenvalue weighted by molar-refractivity contribution is 6.10. The first-order valence-electron chi connectivity index (χ1n) is 19.8. The van der Waals surface area contributed by atoms with E-state index in [1.165, 1.54) is 66.3 Å². The third-order valence-corrected chi connectivity index (χ3v) is 11.2. The Morgan fingerprint density at radius 3 is 1.19 bits per heavy atom. The summed E-state index contributed by atoms with van der Waals surface area (Å²) in [5.74, 6) is 0. The smallest absolute Gasteiger partial charge is 0.0541 e. The van der Waals surface area contributed by atoms with Crippen molar-refractivity contribution in [3.63, 3.8) is 0 Å². The molecule has 0 aliphatic rings. The number of fused-ring (bicyclic) bond motifs is 3. The van der Waals surface area contributed by atoms with Crippen molar-refractivity contribution in [3.8, 4) is 50.2 Å². The number of para-hydroxylation sites is 1. The summed E-state index contributed by atoms with van der Waals surface area (Å²) in [6.07, 6.45) is 1.89. The molecule has 1 heterocycles. The van der Waals surface area contributed by atoms with Crippen molar-refractivity contribution in [2.24, 2.45) is 0 Å². The van der Waals surface area contributed by atoms with Crippen LogP contribution in [-0.2, 0) is 0 Å². The Morgan fingerprint density at radius 2 is 0.707 bits per heavy atom. The second kappa shape index (κ2) is 15.1. The van der Waals surface area contributed by atoms with Crippen LogP contribution < -0.4 is 4.90 Å². The number of rotatable bonds is 9. The number of benzene rings is 9. The van der Waals surface area contributed by atoms with Gasteiger partial charge in [0.1, 0.15) is 0 Å². The van der Waals surface area contributed by atoms with E-state index < -0.39 is 0 Å². The van der Waals surface area contributed by atoms with Gasteiger partial charge in [-0.1, -0.05) is 170 Å². The molecule has 0 fully saturated rings. The van der Waals surface area contributed by atoms with Crippen LogP contribution in [-0.4, -0.2) is 4.57 Å². The van der Waals surface area contributed by atoms with Crippen molar-refractivity contribution in [1.29, 1.82) is 0 Å². The van der Waals surface area contributed by atoms with Gasteiger partial charge in [-0.15, -0.1) is 0 Å². The second-order valence-electron chi connectivity index (χ2n) is 14.7. The summed E-state index contributed by atoms with van der Waals surface area (Å²) in [5.41, 5.74) is 17.5. The van der Waals surface area contributed by atoms with Gasteiger partial charge in [0.05, 0.1) is 11.0 Å². The molecule has 0 atom stereocenters. The number of hydrogen-bond acceptors (Lipinski definition) is 1. The predicted molar refractivity (Wildman–Crippen MR) is 247 cm³/mol. The standard InChI is InChI=1S/C56H40N2/c1-2-40-17-30-52(31-18-40)58-55-16-10-9-15-53(55)54-39-48(29-38-56(54)58)47-21-19-43(20-22-47)46-27-36-51(37-28-46)57(49-32-23-44(24-33-49)41-11-5-3-6-12-41)50-34-25-45(26-35-50)42-13-7-4-8-14-42/h2-39H,1H2. The molecule has 10 rings (SSSR count). The third kappa shape index (κ3) is 6.57. The minimum absolute atomic E-state index is 1.10. The first kappa shape index (κ1) is 34.8. The quantitative estimate of drug-likeness (QED) is 0.143. The number of anilines is 3. The number of aromatic nitrogens is 1. The lowest BCUT2D eigenvalue weighted by Crippen LogP contribution is -2.09. The molecular formula is C56H40N2. The topological polar surface area (TPSA) is 8.17 Å². The van der Waals surface area contributed by atoms with Gasteiger partial charge in [0.25, 0.3) is 0 Å². The highest BCUT2D eigenvalue weighted by Gasteiger charge is 2.16. The van der Waals surface area contributed by atoms with Gasteiger partial charge in [0, 0.05) is 33.5 Å². The first-order valence-corrected chi connectivity index (χ1v) is 19.8. The van der Waals surface area contributed by atoms with Crippen molar-refractivity contribution in [2.75, 3.05) is 4.90 Å². The molecule has 0 aliphatic carbocycles. The molecule has 9 aromatic carbocycles. The summed E-state index contributed by atoms with van der Waals surface area (Å²) in [5, 5.41) is 2.49. The number of hydrogen-bond donors (Lipinski definition) is 0. The molecule has 0 saturated carbocycles. The Bertz CT molecular complexity index is 2910. The molecule has 274 valence electrons. The zero-order valence-corrected chi connectivity index (χ0v) is 32.0. The summed E-state index contributed by atoms with van der Waals surface area (Å²) < 4.78 is 2.36. The molecule has 0 unspecified atom stereocenters. The minimum atomic E-state index is 1.10. The Balaban J connectivity index is 0.954. The lowest BCUT2D eigenvalue weighted by molar-refractivity contribution is 1.18. The Hall–Kier alpha value is -7.68. The van der Waals surface area contributed by atoms with Crippen LogP contribution >= 0.6 is 0 Å². The summed E-state index contributed by atoms with van der Waals surface area (Å²) in [7, 11) is 0. The van der Waals surface area contributed by atoms with Gasteiger partial charge >= 0.3 is 0 Å². The van der Waals surface area contributed by atoms with Gasteiger partial charge in [-0.05, 0) is 117 Å². The predicted octanol–water partition coefficient (Wildman–Crippen LogP) is 15.6. The molecule has 0 radical (unpaired) electrons. The minimum Gasteiger partial charge on any atom is -0.311 e. The fourth-order valence-corrected chi connectivity index (χ4v) is 8.16.